The van der Waals surface area contributed by atoms with Crippen LogP contribution in [0, 0.1) is 12.8 Å². The predicted molar refractivity (Wildman–Crippen MR) is 70.1 cm³/mol. The minimum atomic E-state index is -0.276. The lowest BCUT2D eigenvalue weighted by Crippen LogP contribution is -2.32. The number of ether oxygens (including phenoxy) is 1. The molecule has 1 rings (SSSR count). The van der Waals surface area contributed by atoms with E-state index in [1.54, 1.807) is 0 Å². The van der Waals surface area contributed by atoms with Crippen molar-refractivity contribution in [2.24, 2.45) is 5.92 Å². The molecule has 0 fully saturated rings. The van der Waals surface area contributed by atoms with Crippen LogP contribution in [0.5, 0.6) is 0 Å². The fourth-order valence-corrected chi connectivity index (χ4v) is 1.76. The Balaban J connectivity index is 2.75. The quantitative estimate of drug-likeness (QED) is 0.797. The first-order valence-electron chi connectivity index (χ1n) is 5.94. The third kappa shape index (κ3) is 4.47. The van der Waals surface area contributed by atoms with E-state index in [0.29, 0.717) is 5.92 Å². The van der Waals surface area contributed by atoms with Gasteiger partial charge in [0.05, 0.1) is 7.11 Å². The van der Waals surface area contributed by atoms with Crippen LogP contribution in [0.4, 0.5) is 5.69 Å². The largest absolute Gasteiger partial charge is 0.467 e. The number of carbonyl (C=O) groups excluding carboxylic acids is 1. The van der Waals surface area contributed by atoms with E-state index < -0.39 is 0 Å². The van der Waals surface area contributed by atoms with E-state index >= 15 is 0 Å². The highest BCUT2D eigenvalue weighted by Gasteiger charge is 2.20. The minimum Gasteiger partial charge on any atom is -0.467 e. The Morgan fingerprint density at radius 3 is 2.65 bits per heavy atom. The lowest BCUT2D eigenvalue weighted by molar-refractivity contribution is -0.141. The number of rotatable bonds is 5. The Morgan fingerprint density at radius 2 is 2.12 bits per heavy atom. The topological polar surface area (TPSA) is 38.3 Å². The summed E-state index contributed by atoms with van der Waals surface area (Å²) in [5, 5.41) is 3.23. The fourth-order valence-electron chi connectivity index (χ4n) is 1.76. The van der Waals surface area contributed by atoms with Crippen LogP contribution in [-0.2, 0) is 9.53 Å². The summed E-state index contributed by atoms with van der Waals surface area (Å²) in [6, 6.07) is 7.71. The number of hydrogen-bond acceptors (Lipinski definition) is 3. The second-order valence-electron chi connectivity index (χ2n) is 4.72. The van der Waals surface area contributed by atoms with E-state index in [9.17, 15) is 4.79 Å². The molecule has 0 spiro atoms. The molecule has 1 atom stereocenters. The van der Waals surface area contributed by atoms with Gasteiger partial charge in [-0.2, -0.15) is 0 Å². The van der Waals surface area contributed by atoms with Crippen molar-refractivity contribution in [1.29, 1.82) is 0 Å². The lowest BCUT2D eigenvalue weighted by Gasteiger charge is -2.19. The highest BCUT2D eigenvalue weighted by Crippen LogP contribution is 2.15. The van der Waals surface area contributed by atoms with Gasteiger partial charge in [-0.1, -0.05) is 26.0 Å². The monoisotopic (exact) mass is 235 g/mol. The van der Waals surface area contributed by atoms with Gasteiger partial charge in [0.15, 0.2) is 0 Å². The normalized spacial score (nSPS) is 12.3. The van der Waals surface area contributed by atoms with Crippen LogP contribution in [-0.4, -0.2) is 19.1 Å². The van der Waals surface area contributed by atoms with Crippen molar-refractivity contribution in [2.45, 2.75) is 33.2 Å². The SMILES string of the molecule is COC(=O)C(CC(C)C)Nc1cccc(C)c1. The first-order chi connectivity index (χ1) is 8.02. The van der Waals surface area contributed by atoms with E-state index in [1.807, 2.05) is 31.2 Å². The Morgan fingerprint density at radius 1 is 1.41 bits per heavy atom. The lowest BCUT2D eigenvalue weighted by atomic mass is 10.0. The van der Waals surface area contributed by atoms with Crippen molar-refractivity contribution in [2.75, 3.05) is 12.4 Å². The van der Waals surface area contributed by atoms with Crippen molar-refractivity contribution in [3.63, 3.8) is 0 Å². The summed E-state index contributed by atoms with van der Waals surface area (Å²) in [4.78, 5) is 11.7. The molecule has 1 unspecified atom stereocenters. The molecule has 0 aliphatic rings. The molecule has 3 nitrogen and oxygen atoms in total. The van der Waals surface area contributed by atoms with Crippen LogP contribution < -0.4 is 5.32 Å². The number of nitrogens with one attached hydrogen (secondary N) is 1. The summed E-state index contributed by atoms with van der Waals surface area (Å²) in [5.74, 6) is 0.233. The number of hydrogen-bond donors (Lipinski definition) is 1. The van der Waals surface area contributed by atoms with Gasteiger partial charge in [-0.05, 0) is 37.0 Å². The van der Waals surface area contributed by atoms with Crippen LogP contribution in [0.2, 0.25) is 0 Å². The van der Waals surface area contributed by atoms with Gasteiger partial charge >= 0.3 is 5.97 Å². The zero-order valence-corrected chi connectivity index (χ0v) is 11.0. The minimum absolute atomic E-state index is 0.208. The highest BCUT2D eigenvalue weighted by molar-refractivity contribution is 5.79. The zero-order chi connectivity index (χ0) is 12.8. The average Bonchev–Trinajstić information content (AvgIpc) is 2.26. The Hall–Kier alpha value is -1.51. The van der Waals surface area contributed by atoms with Crippen molar-refractivity contribution in [3.8, 4) is 0 Å². The van der Waals surface area contributed by atoms with Crippen molar-refractivity contribution >= 4 is 11.7 Å². The second-order valence-corrected chi connectivity index (χ2v) is 4.72. The fraction of sp³-hybridized carbons (Fsp3) is 0.500. The molecule has 0 aromatic heterocycles. The standard InChI is InChI=1S/C14H21NO2/c1-10(2)8-13(14(16)17-4)15-12-7-5-6-11(3)9-12/h5-7,9-10,13,15H,8H2,1-4H3. The first kappa shape index (κ1) is 13.6. The summed E-state index contributed by atoms with van der Waals surface area (Å²) in [7, 11) is 1.42. The summed E-state index contributed by atoms with van der Waals surface area (Å²) < 4.78 is 4.81. The maximum Gasteiger partial charge on any atom is 0.328 e. The van der Waals surface area contributed by atoms with Crippen LogP contribution in [0.1, 0.15) is 25.8 Å². The molecule has 0 aliphatic heterocycles. The molecule has 94 valence electrons. The van der Waals surface area contributed by atoms with E-state index in [2.05, 4.69) is 19.2 Å². The van der Waals surface area contributed by atoms with Crippen molar-refractivity contribution in [1.82, 2.24) is 0 Å². The predicted octanol–water partition coefficient (Wildman–Crippen LogP) is 2.99. The maximum absolute atomic E-state index is 11.7. The van der Waals surface area contributed by atoms with Gasteiger partial charge in [-0.15, -0.1) is 0 Å². The highest BCUT2D eigenvalue weighted by atomic mass is 16.5. The zero-order valence-electron chi connectivity index (χ0n) is 11.0. The van der Waals surface area contributed by atoms with Gasteiger partial charge in [0.25, 0.3) is 0 Å². The summed E-state index contributed by atoms with van der Waals surface area (Å²) in [6.45, 7) is 6.21. The van der Waals surface area contributed by atoms with Crippen LogP contribution in [0.15, 0.2) is 24.3 Å². The van der Waals surface area contributed by atoms with Crippen LogP contribution >= 0.6 is 0 Å². The number of aryl methyl sites for hydroxylation is 1. The molecule has 1 aromatic rings. The first-order valence-corrected chi connectivity index (χ1v) is 5.94. The van der Waals surface area contributed by atoms with Gasteiger partial charge in [0.1, 0.15) is 6.04 Å². The van der Waals surface area contributed by atoms with E-state index in [1.165, 1.54) is 12.7 Å². The number of methoxy groups -OCH3 is 1. The Kier molecular flexibility index (Phi) is 5.01. The molecule has 0 bridgehead atoms. The molecule has 0 heterocycles. The van der Waals surface area contributed by atoms with Gasteiger partial charge < -0.3 is 10.1 Å². The van der Waals surface area contributed by atoms with Crippen molar-refractivity contribution < 1.29 is 9.53 Å². The molecule has 1 aromatic carbocycles. The Labute approximate surface area is 103 Å². The van der Waals surface area contributed by atoms with Crippen LogP contribution in [0.25, 0.3) is 0 Å². The average molecular weight is 235 g/mol. The smallest absolute Gasteiger partial charge is 0.328 e. The summed E-state index contributed by atoms with van der Waals surface area (Å²) in [5.41, 5.74) is 2.13. The molecule has 17 heavy (non-hydrogen) atoms. The molecule has 0 aliphatic carbocycles. The van der Waals surface area contributed by atoms with Gasteiger partial charge in [0, 0.05) is 5.69 Å². The van der Waals surface area contributed by atoms with Gasteiger partial charge in [-0.25, -0.2) is 4.79 Å². The third-order valence-electron chi connectivity index (χ3n) is 2.55. The molecule has 0 saturated heterocycles. The molecule has 0 saturated carbocycles. The molecular formula is C14H21NO2. The van der Waals surface area contributed by atoms with E-state index in [0.717, 1.165) is 12.1 Å². The van der Waals surface area contributed by atoms with E-state index in [-0.39, 0.29) is 12.0 Å². The van der Waals surface area contributed by atoms with Gasteiger partial charge in [0.2, 0.25) is 0 Å². The molecule has 0 amide bonds. The number of anilines is 1. The number of carbonyl (C=O) groups is 1. The maximum atomic E-state index is 11.7. The molecule has 3 heteroatoms. The Bertz CT molecular complexity index is 374. The molecule has 0 radical (unpaired) electrons. The molecule has 1 N–H and O–H groups in total. The second kappa shape index (κ2) is 6.28. The van der Waals surface area contributed by atoms with Crippen molar-refractivity contribution in [3.05, 3.63) is 29.8 Å². The summed E-state index contributed by atoms with van der Waals surface area (Å²) >= 11 is 0. The number of benzene rings is 1. The number of esters is 1. The van der Waals surface area contributed by atoms with E-state index in [4.69, 9.17) is 4.74 Å². The molecular weight excluding hydrogens is 214 g/mol. The summed E-state index contributed by atoms with van der Waals surface area (Å²) in [6.07, 6.45) is 0.764. The van der Waals surface area contributed by atoms with Gasteiger partial charge in [-0.3, -0.25) is 0 Å². The van der Waals surface area contributed by atoms with Crippen LogP contribution in [0.3, 0.4) is 0 Å². The third-order valence-corrected chi connectivity index (χ3v) is 2.55.